The molecule has 3 rings (SSSR count). The molecule has 5 N–H and O–H groups in total. The molecule has 0 radical (unpaired) electrons. The lowest BCUT2D eigenvalue weighted by Gasteiger charge is -2.13. The molecule has 0 unspecified atom stereocenters. The topological polar surface area (TPSA) is 157 Å². The van der Waals surface area contributed by atoms with E-state index >= 15 is 0 Å². The van der Waals surface area contributed by atoms with Crippen LogP contribution in [0.2, 0.25) is 0 Å². The van der Waals surface area contributed by atoms with Gasteiger partial charge in [0.1, 0.15) is 5.82 Å². The number of ether oxygens (including phenoxy) is 1. The molecular formula is C23H19N5O5. The predicted molar refractivity (Wildman–Crippen MR) is 118 cm³/mol. The van der Waals surface area contributed by atoms with E-state index < -0.39 is 24.0 Å². The fourth-order valence-electron chi connectivity index (χ4n) is 2.70. The lowest BCUT2D eigenvalue weighted by molar-refractivity contribution is -0.123. The second-order valence-electron chi connectivity index (χ2n) is 6.70. The summed E-state index contributed by atoms with van der Waals surface area (Å²) in [5, 5.41) is 11.5. The quantitative estimate of drug-likeness (QED) is 0.266. The van der Waals surface area contributed by atoms with Gasteiger partial charge in [-0.25, -0.2) is 15.3 Å². The van der Waals surface area contributed by atoms with Gasteiger partial charge in [-0.05, 0) is 43.3 Å². The zero-order chi connectivity index (χ0) is 23.8. The van der Waals surface area contributed by atoms with Crippen LogP contribution >= 0.6 is 0 Å². The molecule has 10 heteroatoms. The number of rotatable bonds is 5. The molecule has 0 bridgehead atoms. The number of carbonyl (C=O) groups is 3. The summed E-state index contributed by atoms with van der Waals surface area (Å²) in [6.07, 6.45) is 1.04. The lowest BCUT2D eigenvalue weighted by atomic mass is 10.1. The van der Waals surface area contributed by atoms with Crippen LogP contribution in [-0.2, 0) is 9.53 Å². The van der Waals surface area contributed by atoms with Gasteiger partial charge in [0.25, 0.3) is 11.8 Å². The predicted octanol–water partition coefficient (Wildman–Crippen LogP) is 2.08. The molecule has 33 heavy (non-hydrogen) atoms. The first-order valence-corrected chi connectivity index (χ1v) is 9.61. The standard InChI is InChI=1S/C23H19N5O5/c1-14(33-23(24)31)21(29)27-20-12-18(22(30)28-32)11-19(26-20)17-8-6-15(7-9-17)4-5-16-3-2-10-25-13-16/h2-3,6-14,32H,1H3,(H2,24,31)(H,28,30)(H,26,27,29)/t14-/m0/s1. The van der Waals surface area contributed by atoms with Crippen LogP contribution in [-0.4, -0.2) is 39.2 Å². The highest BCUT2D eigenvalue weighted by Crippen LogP contribution is 2.22. The Kier molecular flexibility index (Phi) is 7.31. The first-order valence-electron chi connectivity index (χ1n) is 9.61. The molecule has 1 aromatic carbocycles. The summed E-state index contributed by atoms with van der Waals surface area (Å²) in [7, 11) is 0. The van der Waals surface area contributed by atoms with Crippen LogP contribution in [0.3, 0.4) is 0 Å². The van der Waals surface area contributed by atoms with Gasteiger partial charge in [-0.2, -0.15) is 0 Å². The van der Waals surface area contributed by atoms with Crippen LogP contribution in [0.1, 0.15) is 28.4 Å². The molecule has 0 aliphatic heterocycles. The Morgan fingerprint density at radius 3 is 2.45 bits per heavy atom. The van der Waals surface area contributed by atoms with Crippen molar-refractivity contribution in [3.05, 3.63) is 77.6 Å². The maximum absolute atomic E-state index is 12.2. The number of hydroxylamine groups is 1. The highest BCUT2D eigenvalue weighted by atomic mass is 16.6. The van der Waals surface area contributed by atoms with Gasteiger partial charge in [0.2, 0.25) is 0 Å². The van der Waals surface area contributed by atoms with E-state index in [1.807, 2.05) is 6.07 Å². The van der Waals surface area contributed by atoms with E-state index in [1.165, 1.54) is 19.1 Å². The minimum Gasteiger partial charge on any atom is -0.437 e. The molecule has 2 aromatic heterocycles. The fraction of sp³-hybridized carbons (Fsp3) is 0.0870. The van der Waals surface area contributed by atoms with Crippen molar-refractivity contribution in [1.29, 1.82) is 0 Å². The van der Waals surface area contributed by atoms with Gasteiger partial charge in [0.05, 0.1) is 5.69 Å². The molecule has 166 valence electrons. The molecule has 0 aliphatic carbocycles. The van der Waals surface area contributed by atoms with E-state index in [9.17, 15) is 14.4 Å². The Hall–Kier alpha value is -4.75. The first kappa shape index (κ1) is 22.9. The number of anilines is 1. The first-order chi connectivity index (χ1) is 15.9. The van der Waals surface area contributed by atoms with Crippen molar-refractivity contribution < 1.29 is 24.3 Å². The van der Waals surface area contributed by atoms with E-state index in [1.54, 1.807) is 48.2 Å². The van der Waals surface area contributed by atoms with Crippen molar-refractivity contribution in [2.24, 2.45) is 5.73 Å². The van der Waals surface area contributed by atoms with Crippen LogP contribution in [0.25, 0.3) is 11.3 Å². The van der Waals surface area contributed by atoms with E-state index in [2.05, 4.69) is 31.9 Å². The molecular weight excluding hydrogens is 426 g/mol. The van der Waals surface area contributed by atoms with Gasteiger partial charge >= 0.3 is 6.09 Å². The summed E-state index contributed by atoms with van der Waals surface area (Å²) in [4.78, 5) is 43.4. The van der Waals surface area contributed by atoms with E-state index in [0.717, 1.165) is 11.1 Å². The highest BCUT2D eigenvalue weighted by Gasteiger charge is 2.18. The Balaban J connectivity index is 1.87. The number of benzene rings is 1. The number of amides is 3. The van der Waals surface area contributed by atoms with Gasteiger partial charge in [-0.1, -0.05) is 24.0 Å². The molecule has 0 fully saturated rings. The zero-order valence-corrected chi connectivity index (χ0v) is 17.4. The molecule has 10 nitrogen and oxygen atoms in total. The minimum absolute atomic E-state index is 0.0106. The Morgan fingerprint density at radius 2 is 1.82 bits per heavy atom. The average Bonchev–Trinajstić information content (AvgIpc) is 2.82. The molecule has 3 amide bonds. The van der Waals surface area contributed by atoms with Gasteiger partial charge < -0.3 is 15.8 Å². The number of primary amides is 1. The molecule has 0 saturated heterocycles. The van der Waals surface area contributed by atoms with Crippen LogP contribution in [0.5, 0.6) is 0 Å². The van der Waals surface area contributed by atoms with Gasteiger partial charge in [-0.3, -0.25) is 19.8 Å². The number of hydrogen-bond acceptors (Lipinski definition) is 7. The van der Waals surface area contributed by atoms with Crippen LogP contribution in [0.15, 0.2) is 60.9 Å². The molecule has 1 atom stereocenters. The highest BCUT2D eigenvalue weighted by molar-refractivity contribution is 5.98. The molecule has 2 heterocycles. The van der Waals surface area contributed by atoms with Crippen LogP contribution in [0.4, 0.5) is 10.6 Å². The second-order valence-corrected chi connectivity index (χ2v) is 6.70. The van der Waals surface area contributed by atoms with E-state index in [4.69, 9.17) is 10.9 Å². The number of pyridine rings is 2. The van der Waals surface area contributed by atoms with E-state index in [0.29, 0.717) is 11.3 Å². The average molecular weight is 445 g/mol. The number of aromatic nitrogens is 2. The Labute approximate surface area is 188 Å². The second kappa shape index (κ2) is 10.5. The van der Waals surface area contributed by atoms with Crippen molar-refractivity contribution >= 4 is 23.7 Å². The molecule has 0 aliphatic rings. The fourth-order valence-corrected chi connectivity index (χ4v) is 2.70. The third kappa shape index (κ3) is 6.36. The number of nitrogens with zero attached hydrogens (tertiary/aromatic N) is 2. The summed E-state index contributed by atoms with van der Waals surface area (Å²) >= 11 is 0. The van der Waals surface area contributed by atoms with Crippen molar-refractivity contribution in [2.45, 2.75) is 13.0 Å². The monoisotopic (exact) mass is 445 g/mol. The van der Waals surface area contributed by atoms with Gasteiger partial charge in [-0.15, -0.1) is 0 Å². The third-order valence-electron chi connectivity index (χ3n) is 4.30. The van der Waals surface area contributed by atoms with Crippen molar-refractivity contribution in [3.8, 4) is 23.1 Å². The largest absolute Gasteiger partial charge is 0.437 e. The smallest absolute Gasteiger partial charge is 0.405 e. The normalized spacial score (nSPS) is 10.8. The lowest BCUT2D eigenvalue weighted by Crippen LogP contribution is -2.32. The van der Waals surface area contributed by atoms with Crippen molar-refractivity contribution in [2.75, 3.05) is 5.32 Å². The number of carbonyl (C=O) groups excluding carboxylic acids is 3. The molecule has 0 saturated carbocycles. The van der Waals surface area contributed by atoms with Crippen LogP contribution < -0.4 is 16.5 Å². The maximum atomic E-state index is 12.2. The number of nitrogens with two attached hydrogens (primary N) is 1. The Morgan fingerprint density at radius 1 is 1.09 bits per heavy atom. The molecule has 0 spiro atoms. The van der Waals surface area contributed by atoms with Gasteiger partial charge in [0.15, 0.2) is 6.10 Å². The minimum atomic E-state index is -1.18. The van der Waals surface area contributed by atoms with Gasteiger partial charge in [0, 0.05) is 34.6 Å². The zero-order valence-electron chi connectivity index (χ0n) is 17.4. The molecule has 3 aromatic rings. The summed E-state index contributed by atoms with van der Waals surface area (Å²) in [5.74, 6) is 4.55. The summed E-state index contributed by atoms with van der Waals surface area (Å²) in [6.45, 7) is 1.33. The van der Waals surface area contributed by atoms with Crippen molar-refractivity contribution in [3.63, 3.8) is 0 Å². The summed E-state index contributed by atoms with van der Waals surface area (Å²) in [5.41, 5.74) is 9.01. The third-order valence-corrected chi connectivity index (χ3v) is 4.30. The summed E-state index contributed by atoms with van der Waals surface area (Å²) in [6, 6.07) is 13.4. The Bertz CT molecular complexity index is 1230. The van der Waals surface area contributed by atoms with E-state index in [-0.39, 0.29) is 11.4 Å². The number of nitrogens with one attached hydrogen (secondary N) is 2. The summed E-state index contributed by atoms with van der Waals surface area (Å²) < 4.78 is 4.63. The van der Waals surface area contributed by atoms with Crippen molar-refractivity contribution in [1.82, 2.24) is 15.4 Å². The maximum Gasteiger partial charge on any atom is 0.405 e. The van der Waals surface area contributed by atoms with Crippen LogP contribution in [0, 0.1) is 11.8 Å². The SMILES string of the molecule is C[C@H](OC(N)=O)C(=O)Nc1cc(C(=O)NO)cc(-c2ccc(C#Cc3cccnc3)cc2)n1. The number of hydrogen-bond donors (Lipinski definition) is 4.